The Bertz CT molecular complexity index is 493. The summed E-state index contributed by atoms with van der Waals surface area (Å²) in [5.74, 6) is -1.07. The van der Waals surface area contributed by atoms with Crippen LogP contribution in [0.3, 0.4) is 0 Å². The number of nitrogens with zero attached hydrogens (tertiary/aromatic N) is 1. The number of hydrogen-bond acceptors (Lipinski definition) is 2. The zero-order chi connectivity index (χ0) is 14.7. The fourth-order valence-corrected chi connectivity index (χ4v) is 2.91. The first-order valence-electron chi connectivity index (χ1n) is 6.92. The zero-order valence-corrected chi connectivity index (χ0v) is 11.6. The third-order valence-corrected chi connectivity index (χ3v) is 4.08. The van der Waals surface area contributed by atoms with Crippen LogP contribution in [0.4, 0.5) is 8.78 Å². The number of halogens is 2. The van der Waals surface area contributed by atoms with Gasteiger partial charge in [-0.2, -0.15) is 0 Å². The monoisotopic (exact) mass is 282 g/mol. The largest absolute Gasteiger partial charge is 0.341 e. The van der Waals surface area contributed by atoms with Crippen LogP contribution in [-0.2, 0) is 11.3 Å². The van der Waals surface area contributed by atoms with Crippen molar-refractivity contribution in [2.75, 3.05) is 13.6 Å². The Kier molecular flexibility index (Phi) is 4.70. The van der Waals surface area contributed by atoms with E-state index in [4.69, 9.17) is 5.73 Å². The molecular weight excluding hydrogens is 262 g/mol. The second-order valence-electron chi connectivity index (χ2n) is 5.46. The molecule has 1 aromatic carbocycles. The second-order valence-corrected chi connectivity index (χ2v) is 5.46. The van der Waals surface area contributed by atoms with Crippen molar-refractivity contribution in [3.8, 4) is 0 Å². The Morgan fingerprint density at radius 3 is 2.80 bits per heavy atom. The molecule has 0 heterocycles. The van der Waals surface area contributed by atoms with E-state index in [0.29, 0.717) is 12.1 Å². The normalized spacial score (nSPS) is 22.0. The first kappa shape index (κ1) is 14.9. The molecule has 110 valence electrons. The summed E-state index contributed by atoms with van der Waals surface area (Å²) in [6.45, 7) is 0.661. The van der Waals surface area contributed by atoms with Gasteiger partial charge in [-0.3, -0.25) is 4.79 Å². The van der Waals surface area contributed by atoms with E-state index in [9.17, 15) is 13.6 Å². The minimum atomic E-state index is -0.619. The van der Waals surface area contributed by atoms with Gasteiger partial charge in [0.1, 0.15) is 11.6 Å². The maximum absolute atomic E-state index is 13.6. The minimum absolute atomic E-state index is 0.00155. The molecule has 0 aromatic heterocycles. The quantitative estimate of drug-likeness (QED) is 0.921. The van der Waals surface area contributed by atoms with Gasteiger partial charge in [-0.25, -0.2) is 8.78 Å². The molecule has 1 aromatic rings. The van der Waals surface area contributed by atoms with Crippen LogP contribution in [0.2, 0.25) is 0 Å². The third kappa shape index (κ3) is 3.15. The van der Waals surface area contributed by atoms with E-state index >= 15 is 0 Å². The van der Waals surface area contributed by atoms with Crippen LogP contribution in [0.15, 0.2) is 18.2 Å². The summed E-state index contributed by atoms with van der Waals surface area (Å²) in [5, 5.41) is 0. The summed E-state index contributed by atoms with van der Waals surface area (Å²) in [5.41, 5.74) is 6.01. The van der Waals surface area contributed by atoms with Crippen molar-refractivity contribution in [3.05, 3.63) is 35.4 Å². The van der Waals surface area contributed by atoms with Gasteiger partial charge in [-0.15, -0.1) is 0 Å². The predicted molar refractivity (Wildman–Crippen MR) is 72.7 cm³/mol. The average Bonchev–Trinajstić information content (AvgIpc) is 2.89. The lowest BCUT2D eigenvalue weighted by Gasteiger charge is -2.24. The Morgan fingerprint density at radius 1 is 1.40 bits per heavy atom. The Hall–Kier alpha value is -1.49. The van der Waals surface area contributed by atoms with Crippen LogP contribution in [-0.4, -0.2) is 24.4 Å². The number of nitrogens with two attached hydrogens (primary N) is 1. The maximum atomic E-state index is 13.6. The van der Waals surface area contributed by atoms with Crippen molar-refractivity contribution in [1.82, 2.24) is 4.90 Å². The summed E-state index contributed by atoms with van der Waals surface area (Å²) >= 11 is 0. The molecule has 0 unspecified atom stereocenters. The fraction of sp³-hybridized carbons (Fsp3) is 0.533. The van der Waals surface area contributed by atoms with Crippen molar-refractivity contribution in [3.63, 3.8) is 0 Å². The van der Waals surface area contributed by atoms with E-state index in [-0.39, 0.29) is 24.3 Å². The van der Waals surface area contributed by atoms with Gasteiger partial charge in [0.25, 0.3) is 0 Å². The third-order valence-electron chi connectivity index (χ3n) is 4.08. The predicted octanol–water partition coefficient (Wildman–Crippen LogP) is 2.30. The lowest BCUT2D eigenvalue weighted by Crippen LogP contribution is -2.36. The molecule has 1 aliphatic carbocycles. The summed E-state index contributed by atoms with van der Waals surface area (Å²) in [4.78, 5) is 13.9. The summed E-state index contributed by atoms with van der Waals surface area (Å²) < 4.78 is 26.4. The molecule has 1 fully saturated rings. The highest BCUT2D eigenvalue weighted by Gasteiger charge is 2.33. The van der Waals surface area contributed by atoms with Crippen LogP contribution in [0.1, 0.15) is 24.8 Å². The van der Waals surface area contributed by atoms with E-state index in [1.54, 1.807) is 7.05 Å². The molecule has 2 N–H and O–H groups in total. The van der Waals surface area contributed by atoms with Crippen LogP contribution in [0, 0.1) is 23.5 Å². The van der Waals surface area contributed by atoms with E-state index < -0.39 is 11.6 Å². The lowest BCUT2D eigenvalue weighted by molar-refractivity contribution is -0.135. The van der Waals surface area contributed by atoms with Crippen molar-refractivity contribution in [2.24, 2.45) is 17.6 Å². The van der Waals surface area contributed by atoms with Crippen LogP contribution >= 0.6 is 0 Å². The Balaban J connectivity index is 2.04. The molecule has 3 nitrogen and oxygen atoms in total. The van der Waals surface area contributed by atoms with Crippen molar-refractivity contribution >= 4 is 5.91 Å². The summed E-state index contributed by atoms with van der Waals surface area (Å²) in [6, 6.07) is 3.42. The van der Waals surface area contributed by atoms with E-state index in [2.05, 4.69) is 0 Å². The zero-order valence-electron chi connectivity index (χ0n) is 11.6. The molecule has 0 radical (unpaired) electrons. The van der Waals surface area contributed by atoms with Crippen molar-refractivity contribution in [2.45, 2.75) is 25.8 Å². The van der Waals surface area contributed by atoms with Gasteiger partial charge in [-0.1, -0.05) is 12.5 Å². The molecule has 0 aliphatic heterocycles. The molecule has 1 saturated carbocycles. The van der Waals surface area contributed by atoms with E-state index in [1.165, 1.54) is 17.0 Å². The molecule has 2 atom stereocenters. The molecule has 1 amide bonds. The highest BCUT2D eigenvalue weighted by Crippen LogP contribution is 2.32. The van der Waals surface area contributed by atoms with Crippen LogP contribution in [0.5, 0.6) is 0 Å². The molecule has 20 heavy (non-hydrogen) atoms. The topological polar surface area (TPSA) is 46.3 Å². The lowest BCUT2D eigenvalue weighted by atomic mass is 9.95. The number of benzene rings is 1. The van der Waals surface area contributed by atoms with Gasteiger partial charge in [0.05, 0.1) is 0 Å². The van der Waals surface area contributed by atoms with Crippen molar-refractivity contribution in [1.29, 1.82) is 0 Å². The van der Waals surface area contributed by atoms with Crippen LogP contribution < -0.4 is 5.73 Å². The minimum Gasteiger partial charge on any atom is -0.341 e. The number of carbonyl (C=O) groups is 1. The highest BCUT2D eigenvalue weighted by molar-refractivity contribution is 5.79. The maximum Gasteiger partial charge on any atom is 0.226 e. The van der Waals surface area contributed by atoms with Gasteiger partial charge in [0, 0.05) is 31.1 Å². The number of amides is 1. The van der Waals surface area contributed by atoms with Gasteiger partial charge >= 0.3 is 0 Å². The smallest absolute Gasteiger partial charge is 0.226 e. The SMILES string of the molecule is CN(Cc1ccc(F)cc1F)C(=O)[C@@H]1CCC[C@@H]1CN. The molecule has 0 bridgehead atoms. The molecular formula is C15H20F2N2O. The van der Waals surface area contributed by atoms with Crippen molar-refractivity contribution < 1.29 is 13.6 Å². The fourth-order valence-electron chi connectivity index (χ4n) is 2.91. The van der Waals surface area contributed by atoms with Gasteiger partial charge in [-0.05, 0) is 31.4 Å². The van der Waals surface area contributed by atoms with E-state index in [0.717, 1.165) is 25.3 Å². The molecule has 5 heteroatoms. The number of hydrogen-bond donors (Lipinski definition) is 1. The molecule has 0 saturated heterocycles. The van der Waals surface area contributed by atoms with E-state index in [1.807, 2.05) is 0 Å². The molecule has 0 spiro atoms. The Labute approximate surface area is 117 Å². The van der Waals surface area contributed by atoms with Gasteiger partial charge in [0.15, 0.2) is 0 Å². The number of rotatable bonds is 4. The molecule has 2 rings (SSSR count). The Morgan fingerprint density at radius 2 is 2.15 bits per heavy atom. The number of carbonyl (C=O) groups excluding carboxylic acids is 1. The first-order valence-corrected chi connectivity index (χ1v) is 6.92. The highest BCUT2D eigenvalue weighted by atomic mass is 19.1. The van der Waals surface area contributed by atoms with Gasteiger partial charge < -0.3 is 10.6 Å². The average molecular weight is 282 g/mol. The van der Waals surface area contributed by atoms with Gasteiger partial charge in [0.2, 0.25) is 5.91 Å². The molecule has 1 aliphatic rings. The summed E-state index contributed by atoms with van der Waals surface area (Å²) in [6.07, 6.45) is 2.83. The van der Waals surface area contributed by atoms with Crippen LogP contribution in [0.25, 0.3) is 0 Å². The standard InChI is InChI=1S/C15H20F2N2O/c1-19(9-11-5-6-12(16)7-14(11)17)15(20)13-4-2-3-10(13)8-18/h5-7,10,13H,2-4,8-9,18H2,1H3/t10-,13-/m1/s1. The second kappa shape index (κ2) is 6.31. The first-order chi connectivity index (χ1) is 9.52. The summed E-state index contributed by atoms with van der Waals surface area (Å²) in [7, 11) is 1.65.